The fourth-order valence-corrected chi connectivity index (χ4v) is 3.82. The van der Waals surface area contributed by atoms with Gasteiger partial charge in [0.2, 0.25) is 5.82 Å². The standard InChI is InChI=1S/C24H28N4O/c1-18-13-15-27(16-14-18)24(29)23-25-22(12-11-20-8-4-3-5-9-20)28(26-23)21-10-6-7-19(2)17-21/h3-10,17-18H,11-16H2,1-2H3. The minimum Gasteiger partial charge on any atom is -0.336 e. The Morgan fingerprint density at radius 3 is 2.52 bits per heavy atom. The molecule has 1 fully saturated rings. The Morgan fingerprint density at radius 2 is 1.79 bits per heavy atom. The first kappa shape index (κ1) is 19.4. The van der Waals surface area contributed by atoms with Crippen molar-refractivity contribution in [3.05, 3.63) is 77.4 Å². The highest BCUT2D eigenvalue weighted by Crippen LogP contribution is 2.19. The third-order valence-electron chi connectivity index (χ3n) is 5.66. The zero-order chi connectivity index (χ0) is 20.2. The van der Waals surface area contributed by atoms with Crippen molar-refractivity contribution >= 4 is 5.91 Å². The summed E-state index contributed by atoms with van der Waals surface area (Å²) in [4.78, 5) is 19.6. The molecule has 2 aromatic carbocycles. The van der Waals surface area contributed by atoms with E-state index in [4.69, 9.17) is 0 Å². The molecule has 5 heteroatoms. The molecule has 1 aliphatic rings. The summed E-state index contributed by atoms with van der Waals surface area (Å²) >= 11 is 0. The van der Waals surface area contributed by atoms with Gasteiger partial charge in [0, 0.05) is 19.5 Å². The third kappa shape index (κ3) is 4.56. The average Bonchev–Trinajstić information content (AvgIpc) is 3.17. The Kier molecular flexibility index (Phi) is 5.74. The zero-order valence-corrected chi connectivity index (χ0v) is 17.2. The lowest BCUT2D eigenvalue weighted by Gasteiger charge is -2.29. The first-order chi connectivity index (χ1) is 14.1. The second-order valence-corrected chi connectivity index (χ2v) is 8.06. The molecular formula is C24H28N4O. The quantitative estimate of drug-likeness (QED) is 0.657. The van der Waals surface area contributed by atoms with Crippen molar-refractivity contribution in [3.8, 4) is 5.69 Å². The zero-order valence-electron chi connectivity index (χ0n) is 17.2. The van der Waals surface area contributed by atoms with Gasteiger partial charge >= 0.3 is 0 Å². The number of rotatable bonds is 5. The molecule has 0 atom stereocenters. The van der Waals surface area contributed by atoms with Crippen LogP contribution in [0, 0.1) is 12.8 Å². The van der Waals surface area contributed by atoms with E-state index in [-0.39, 0.29) is 5.91 Å². The number of aryl methyl sites for hydroxylation is 3. The molecule has 0 bridgehead atoms. The van der Waals surface area contributed by atoms with E-state index >= 15 is 0 Å². The highest BCUT2D eigenvalue weighted by Gasteiger charge is 2.25. The van der Waals surface area contributed by atoms with E-state index in [1.54, 1.807) is 0 Å². The Balaban J connectivity index is 1.62. The van der Waals surface area contributed by atoms with Crippen molar-refractivity contribution < 1.29 is 4.79 Å². The summed E-state index contributed by atoms with van der Waals surface area (Å²) in [5, 5.41) is 4.64. The van der Waals surface area contributed by atoms with Gasteiger partial charge in [-0.2, -0.15) is 0 Å². The normalized spacial score (nSPS) is 14.9. The Morgan fingerprint density at radius 1 is 1.03 bits per heavy atom. The van der Waals surface area contributed by atoms with Crippen LogP contribution in [0.3, 0.4) is 0 Å². The molecule has 3 aromatic rings. The van der Waals surface area contributed by atoms with Crippen LogP contribution in [0.15, 0.2) is 54.6 Å². The molecule has 1 aromatic heterocycles. The molecule has 0 radical (unpaired) electrons. The van der Waals surface area contributed by atoms with Crippen LogP contribution in [-0.2, 0) is 12.8 Å². The molecule has 0 unspecified atom stereocenters. The molecule has 2 heterocycles. The lowest BCUT2D eigenvalue weighted by molar-refractivity contribution is 0.0685. The number of carbonyl (C=O) groups is 1. The summed E-state index contributed by atoms with van der Waals surface area (Å²) in [6.07, 6.45) is 3.69. The van der Waals surface area contributed by atoms with Crippen LogP contribution in [0.1, 0.15) is 47.3 Å². The van der Waals surface area contributed by atoms with E-state index in [0.29, 0.717) is 11.7 Å². The molecule has 0 spiro atoms. The summed E-state index contributed by atoms with van der Waals surface area (Å²) in [7, 11) is 0. The van der Waals surface area contributed by atoms with Gasteiger partial charge in [-0.1, -0.05) is 49.4 Å². The van der Waals surface area contributed by atoms with E-state index in [1.807, 2.05) is 39.9 Å². The van der Waals surface area contributed by atoms with Gasteiger partial charge in [-0.3, -0.25) is 4.79 Å². The molecule has 1 aliphatic heterocycles. The van der Waals surface area contributed by atoms with E-state index < -0.39 is 0 Å². The molecular weight excluding hydrogens is 360 g/mol. The number of hydrogen-bond acceptors (Lipinski definition) is 3. The van der Waals surface area contributed by atoms with E-state index in [2.05, 4.69) is 48.2 Å². The monoisotopic (exact) mass is 388 g/mol. The van der Waals surface area contributed by atoms with Crippen molar-refractivity contribution in [2.24, 2.45) is 5.92 Å². The highest BCUT2D eigenvalue weighted by atomic mass is 16.2. The van der Waals surface area contributed by atoms with Gasteiger partial charge in [0.25, 0.3) is 5.91 Å². The lowest BCUT2D eigenvalue weighted by atomic mass is 9.99. The molecule has 29 heavy (non-hydrogen) atoms. The van der Waals surface area contributed by atoms with Gasteiger partial charge in [0.15, 0.2) is 0 Å². The van der Waals surface area contributed by atoms with Crippen LogP contribution in [0.4, 0.5) is 0 Å². The first-order valence-electron chi connectivity index (χ1n) is 10.5. The van der Waals surface area contributed by atoms with Gasteiger partial charge in [-0.15, -0.1) is 5.10 Å². The maximum absolute atomic E-state index is 13.0. The fraction of sp³-hybridized carbons (Fsp3) is 0.375. The number of nitrogens with zero attached hydrogens (tertiary/aromatic N) is 4. The van der Waals surface area contributed by atoms with Crippen LogP contribution < -0.4 is 0 Å². The van der Waals surface area contributed by atoms with Crippen LogP contribution in [0.25, 0.3) is 5.69 Å². The highest BCUT2D eigenvalue weighted by molar-refractivity contribution is 5.90. The number of aromatic nitrogens is 3. The molecule has 1 amide bonds. The molecule has 150 valence electrons. The second-order valence-electron chi connectivity index (χ2n) is 8.06. The van der Waals surface area contributed by atoms with Crippen LogP contribution in [0.2, 0.25) is 0 Å². The number of piperidine rings is 1. The molecule has 0 aliphatic carbocycles. The Hall–Kier alpha value is -2.95. The molecule has 1 saturated heterocycles. The fourth-order valence-electron chi connectivity index (χ4n) is 3.82. The maximum atomic E-state index is 13.0. The number of carbonyl (C=O) groups excluding carboxylic acids is 1. The van der Waals surface area contributed by atoms with Crippen molar-refractivity contribution in [1.29, 1.82) is 0 Å². The third-order valence-corrected chi connectivity index (χ3v) is 5.66. The van der Waals surface area contributed by atoms with E-state index in [9.17, 15) is 4.79 Å². The molecule has 0 saturated carbocycles. The van der Waals surface area contributed by atoms with Crippen molar-refractivity contribution in [2.75, 3.05) is 13.1 Å². The largest absolute Gasteiger partial charge is 0.336 e. The van der Waals surface area contributed by atoms with E-state index in [1.165, 1.54) is 5.56 Å². The first-order valence-corrected chi connectivity index (χ1v) is 10.5. The smallest absolute Gasteiger partial charge is 0.293 e. The summed E-state index contributed by atoms with van der Waals surface area (Å²) in [5.41, 5.74) is 3.36. The molecule has 0 N–H and O–H groups in total. The van der Waals surface area contributed by atoms with E-state index in [0.717, 1.165) is 55.8 Å². The number of likely N-dealkylation sites (tertiary alicyclic amines) is 1. The summed E-state index contributed by atoms with van der Waals surface area (Å²) < 4.78 is 1.84. The van der Waals surface area contributed by atoms with Crippen molar-refractivity contribution in [3.63, 3.8) is 0 Å². The van der Waals surface area contributed by atoms with Gasteiger partial charge in [-0.05, 0) is 55.4 Å². The second kappa shape index (κ2) is 8.60. The van der Waals surface area contributed by atoms with Crippen molar-refractivity contribution in [1.82, 2.24) is 19.7 Å². The predicted octanol–water partition coefficient (Wildman–Crippen LogP) is 4.23. The molecule has 5 nitrogen and oxygen atoms in total. The predicted molar refractivity (Wildman–Crippen MR) is 114 cm³/mol. The summed E-state index contributed by atoms with van der Waals surface area (Å²) in [6, 6.07) is 18.5. The Bertz CT molecular complexity index is 972. The maximum Gasteiger partial charge on any atom is 0.293 e. The minimum absolute atomic E-state index is 0.0516. The average molecular weight is 389 g/mol. The van der Waals surface area contributed by atoms with Gasteiger partial charge in [0.1, 0.15) is 5.82 Å². The number of amides is 1. The summed E-state index contributed by atoms with van der Waals surface area (Å²) in [6.45, 7) is 5.88. The SMILES string of the molecule is Cc1cccc(-n2nc(C(=O)N3CCC(C)CC3)nc2CCc2ccccc2)c1. The van der Waals surface area contributed by atoms with Crippen LogP contribution >= 0.6 is 0 Å². The van der Waals surface area contributed by atoms with Crippen LogP contribution in [0.5, 0.6) is 0 Å². The molecule has 4 rings (SSSR count). The van der Waals surface area contributed by atoms with Crippen LogP contribution in [-0.4, -0.2) is 38.7 Å². The van der Waals surface area contributed by atoms with Gasteiger partial charge < -0.3 is 4.90 Å². The van der Waals surface area contributed by atoms with Gasteiger partial charge in [-0.25, -0.2) is 9.67 Å². The number of hydrogen-bond donors (Lipinski definition) is 0. The van der Waals surface area contributed by atoms with Gasteiger partial charge in [0.05, 0.1) is 5.69 Å². The number of benzene rings is 2. The topological polar surface area (TPSA) is 51.0 Å². The minimum atomic E-state index is -0.0516. The van der Waals surface area contributed by atoms with Crippen molar-refractivity contribution in [2.45, 2.75) is 39.5 Å². The lowest BCUT2D eigenvalue weighted by Crippen LogP contribution is -2.38. The summed E-state index contributed by atoms with van der Waals surface area (Å²) in [5.74, 6) is 1.76. The Labute approximate surface area is 172 Å².